The molecular formula is C30H38N4O5. The molecule has 9 nitrogen and oxygen atoms in total. The number of nitrogens with zero attached hydrogens (tertiary/aromatic N) is 4. The Hall–Kier alpha value is -3.75. The molecule has 2 aromatic heterocycles. The minimum Gasteiger partial charge on any atom is -0.493 e. The highest BCUT2D eigenvalue weighted by atomic mass is 16.6. The number of hydrogen-bond acceptors (Lipinski definition) is 6. The third kappa shape index (κ3) is 5.97. The Labute approximate surface area is 229 Å². The molecule has 1 saturated heterocycles. The van der Waals surface area contributed by atoms with Crippen molar-refractivity contribution in [3.63, 3.8) is 0 Å². The van der Waals surface area contributed by atoms with Crippen LogP contribution in [0.2, 0.25) is 0 Å². The topological polar surface area (TPSA) is 86.1 Å². The number of ether oxygens (including phenoxy) is 3. The number of aromatic nitrogens is 2. The quantitative estimate of drug-likeness (QED) is 0.218. The van der Waals surface area contributed by atoms with Crippen molar-refractivity contribution in [1.29, 1.82) is 0 Å². The zero-order valence-electron chi connectivity index (χ0n) is 23.1. The van der Waals surface area contributed by atoms with E-state index in [1.54, 1.807) is 18.2 Å². The summed E-state index contributed by atoms with van der Waals surface area (Å²) in [5, 5.41) is 0.931. The van der Waals surface area contributed by atoms with Gasteiger partial charge in [-0.2, -0.15) is 0 Å². The van der Waals surface area contributed by atoms with E-state index in [1.165, 1.54) is 0 Å². The first-order valence-corrected chi connectivity index (χ1v) is 14.0. The molecule has 39 heavy (non-hydrogen) atoms. The summed E-state index contributed by atoms with van der Waals surface area (Å²) in [6.45, 7) is 6.37. The second kappa shape index (κ2) is 12.0. The maximum Gasteiger partial charge on any atom is 0.329 e. The predicted octanol–water partition coefficient (Wildman–Crippen LogP) is 5.71. The summed E-state index contributed by atoms with van der Waals surface area (Å²) >= 11 is 0. The monoisotopic (exact) mass is 534 g/mol. The van der Waals surface area contributed by atoms with Crippen LogP contribution >= 0.6 is 0 Å². The number of benzene rings is 1. The molecule has 208 valence electrons. The van der Waals surface area contributed by atoms with E-state index in [4.69, 9.17) is 14.2 Å². The van der Waals surface area contributed by atoms with Crippen molar-refractivity contribution in [3.05, 3.63) is 48.3 Å². The van der Waals surface area contributed by atoms with Gasteiger partial charge in [0.1, 0.15) is 17.8 Å². The molecule has 9 heteroatoms. The molecule has 0 bridgehead atoms. The van der Waals surface area contributed by atoms with E-state index in [9.17, 15) is 9.59 Å². The van der Waals surface area contributed by atoms with E-state index in [1.807, 2.05) is 52.9 Å². The molecular weight excluding hydrogens is 496 g/mol. The fourth-order valence-electron chi connectivity index (χ4n) is 4.98. The van der Waals surface area contributed by atoms with Crippen LogP contribution in [0.5, 0.6) is 11.5 Å². The van der Waals surface area contributed by atoms with Crippen molar-refractivity contribution in [2.75, 3.05) is 31.7 Å². The first-order valence-electron chi connectivity index (χ1n) is 14.0. The molecule has 3 heterocycles. The lowest BCUT2D eigenvalue weighted by molar-refractivity contribution is -0.148. The van der Waals surface area contributed by atoms with Gasteiger partial charge in [0.25, 0.3) is 0 Å². The lowest BCUT2D eigenvalue weighted by atomic mass is 10.1. The summed E-state index contributed by atoms with van der Waals surface area (Å²) in [7, 11) is 1.63. The highest BCUT2D eigenvalue weighted by Gasteiger charge is 2.30. The number of hydrogen-bond donors (Lipinski definition) is 0. The number of carbonyl (C=O) groups is 2. The van der Waals surface area contributed by atoms with Gasteiger partial charge in [0.15, 0.2) is 11.5 Å². The van der Waals surface area contributed by atoms with Crippen LogP contribution in [0.1, 0.15) is 64.0 Å². The summed E-state index contributed by atoms with van der Waals surface area (Å²) in [4.78, 5) is 34.4. The van der Waals surface area contributed by atoms with Crippen molar-refractivity contribution in [2.45, 2.75) is 71.1 Å². The van der Waals surface area contributed by atoms with Crippen LogP contribution in [-0.4, -0.2) is 59.4 Å². The molecule has 1 saturated carbocycles. The molecule has 1 aliphatic heterocycles. The summed E-state index contributed by atoms with van der Waals surface area (Å²) in [5.41, 5.74) is 2.51. The minimum absolute atomic E-state index is 0.0471. The van der Waals surface area contributed by atoms with E-state index in [0.717, 1.165) is 55.2 Å². The number of esters is 1. The Balaban J connectivity index is 1.32. The van der Waals surface area contributed by atoms with Gasteiger partial charge in [-0.05, 0) is 62.4 Å². The number of unbranched alkanes of at least 4 members (excludes halogenated alkanes) is 2. The van der Waals surface area contributed by atoms with Gasteiger partial charge in [0, 0.05) is 49.2 Å². The lowest BCUT2D eigenvalue weighted by Gasteiger charge is -2.36. The van der Waals surface area contributed by atoms with E-state index < -0.39 is 6.04 Å². The van der Waals surface area contributed by atoms with Crippen LogP contribution in [-0.2, 0) is 16.1 Å². The van der Waals surface area contributed by atoms with Gasteiger partial charge >= 0.3 is 12.0 Å². The van der Waals surface area contributed by atoms with Crippen molar-refractivity contribution in [2.24, 2.45) is 0 Å². The van der Waals surface area contributed by atoms with Gasteiger partial charge in [0.2, 0.25) is 0 Å². The fraction of sp³-hybridized carbons (Fsp3) is 0.500. The second-order valence-electron chi connectivity index (χ2n) is 10.3. The molecule has 1 aromatic carbocycles. The van der Waals surface area contributed by atoms with E-state index in [2.05, 4.69) is 11.9 Å². The van der Waals surface area contributed by atoms with Crippen LogP contribution < -0.4 is 14.4 Å². The molecule has 0 radical (unpaired) electrons. The maximum atomic E-state index is 13.6. The SMILES string of the molecule is CCCCCOc1cc(N2CCCN(Cc3ccnc4c3ccn4C(C)C(=O)OC3CC3)C2=O)ccc1OC. The highest BCUT2D eigenvalue weighted by Crippen LogP contribution is 2.34. The third-order valence-corrected chi connectivity index (χ3v) is 7.41. The Morgan fingerprint density at radius 2 is 1.97 bits per heavy atom. The molecule has 2 fully saturated rings. The van der Waals surface area contributed by atoms with Crippen molar-refractivity contribution in [1.82, 2.24) is 14.5 Å². The predicted molar refractivity (Wildman–Crippen MR) is 149 cm³/mol. The third-order valence-electron chi connectivity index (χ3n) is 7.41. The summed E-state index contributed by atoms with van der Waals surface area (Å²) < 4.78 is 18.9. The van der Waals surface area contributed by atoms with Gasteiger partial charge in [-0.3, -0.25) is 4.90 Å². The normalized spacial score (nSPS) is 16.4. The average molecular weight is 535 g/mol. The zero-order chi connectivity index (χ0) is 27.4. The molecule has 3 aromatic rings. The van der Waals surface area contributed by atoms with Gasteiger partial charge < -0.3 is 23.7 Å². The number of rotatable bonds is 12. The van der Waals surface area contributed by atoms with Crippen LogP contribution in [0.3, 0.4) is 0 Å². The summed E-state index contributed by atoms with van der Waals surface area (Å²) in [6, 6.07) is 9.07. The number of methoxy groups -OCH3 is 1. The van der Waals surface area contributed by atoms with Crippen molar-refractivity contribution >= 4 is 28.7 Å². The zero-order valence-corrected chi connectivity index (χ0v) is 23.1. The van der Waals surface area contributed by atoms with Gasteiger partial charge in [-0.1, -0.05) is 19.8 Å². The molecule has 1 unspecified atom stereocenters. The number of amides is 2. The van der Waals surface area contributed by atoms with Crippen molar-refractivity contribution < 1.29 is 23.8 Å². The Kier molecular flexibility index (Phi) is 8.24. The Morgan fingerprint density at radius 1 is 1.13 bits per heavy atom. The molecule has 0 spiro atoms. The van der Waals surface area contributed by atoms with Gasteiger partial charge in [0.05, 0.1) is 13.7 Å². The van der Waals surface area contributed by atoms with E-state index in [0.29, 0.717) is 43.4 Å². The maximum absolute atomic E-state index is 13.6. The van der Waals surface area contributed by atoms with Crippen LogP contribution in [0.4, 0.5) is 10.5 Å². The number of urea groups is 1. The van der Waals surface area contributed by atoms with E-state index >= 15 is 0 Å². The Morgan fingerprint density at radius 3 is 2.74 bits per heavy atom. The Bertz CT molecular complexity index is 1320. The summed E-state index contributed by atoms with van der Waals surface area (Å²) in [6.07, 6.45) is 9.63. The van der Waals surface area contributed by atoms with Crippen LogP contribution in [0, 0.1) is 0 Å². The van der Waals surface area contributed by atoms with Gasteiger partial charge in [-0.25, -0.2) is 14.6 Å². The molecule has 5 rings (SSSR count). The number of carbonyl (C=O) groups excluding carboxylic acids is 2. The number of pyridine rings is 1. The molecule has 1 aliphatic carbocycles. The van der Waals surface area contributed by atoms with Crippen LogP contribution in [0.15, 0.2) is 42.7 Å². The lowest BCUT2D eigenvalue weighted by Crippen LogP contribution is -2.49. The van der Waals surface area contributed by atoms with Crippen molar-refractivity contribution in [3.8, 4) is 11.5 Å². The first-order chi connectivity index (χ1) is 19.0. The smallest absolute Gasteiger partial charge is 0.329 e. The van der Waals surface area contributed by atoms with E-state index in [-0.39, 0.29) is 18.1 Å². The second-order valence-corrected chi connectivity index (χ2v) is 10.3. The molecule has 0 N–H and O–H groups in total. The van der Waals surface area contributed by atoms with Crippen LogP contribution in [0.25, 0.3) is 11.0 Å². The fourth-order valence-corrected chi connectivity index (χ4v) is 4.98. The summed E-state index contributed by atoms with van der Waals surface area (Å²) in [5.74, 6) is 1.08. The van der Waals surface area contributed by atoms with Gasteiger partial charge in [-0.15, -0.1) is 0 Å². The molecule has 2 amide bonds. The first kappa shape index (κ1) is 26.8. The molecule has 1 atom stereocenters. The largest absolute Gasteiger partial charge is 0.493 e. The minimum atomic E-state index is -0.466. The average Bonchev–Trinajstić information content (AvgIpc) is 3.66. The number of fused-ring (bicyclic) bond motifs is 1. The molecule has 2 aliphatic rings. The standard InChI is InChI=1S/C30H38N4O5/c1-4-5-6-18-38-27-19-23(8-11-26(27)37-3)34-16-7-15-32(30(34)36)20-22-12-14-31-28-25(22)13-17-33(28)21(2)29(35)39-24-9-10-24/h8,11-14,17,19,21,24H,4-7,9-10,15-16,18,20H2,1-3H3. The highest BCUT2D eigenvalue weighted by molar-refractivity contribution is 5.93. The number of anilines is 1.